The molecule has 0 spiro atoms. The van der Waals surface area contributed by atoms with Gasteiger partial charge in [-0.05, 0) is 25.5 Å². The number of para-hydroxylation sites is 1. The van der Waals surface area contributed by atoms with Gasteiger partial charge in [-0.15, -0.1) is 0 Å². The highest BCUT2D eigenvalue weighted by Crippen LogP contribution is 2.19. The summed E-state index contributed by atoms with van der Waals surface area (Å²) in [5.74, 6) is 0.909. The molecule has 1 aromatic carbocycles. The van der Waals surface area contributed by atoms with Crippen molar-refractivity contribution in [2.45, 2.75) is 25.6 Å². The molecule has 1 atom stereocenters. The topological polar surface area (TPSA) is 30.5 Å². The van der Waals surface area contributed by atoms with Gasteiger partial charge in [-0.2, -0.15) is 0 Å². The molecule has 0 radical (unpaired) electrons. The van der Waals surface area contributed by atoms with Crippen LogP contribution >= 0.6 is 0 Å². The molecule has 1 fully saturated rings. The summed E-state index contributed by atoms with van der Waals surface area (Å²) in [6.45, 7) is 2.72. The number of benzene rings is 1. The van der Waals surface area contributed by atoms with Gasteiger partial charge in [0.1, 0.15) is 5.75 Å². The van der Waals surface area contributed by atoms with Gasteiger partial charge in [0.25, 0.3) is 0 Å². The van der Waals surface area contributed by atoms with Crippen LogP contribution in [0, 0.1) is 0 Å². The van der Waals surface area contributed by atoms with E-state index < -0.39 is 0 Å². The fourth-order valence-corrected chi connectivity index (χ4v) is 1.99. The van der Waals surface area contributed by atoms with Crippen molar-refractivity contribution in [2.24, 2.45) is 0 Å². The van der Waals surface area contributed by atoms with Gasteiger partial charge >= 0.3 is 0 Å². The standard InChI is InChI=1S/C13H19NO2/c1-15-13-7-3-2-5-11(13)10-16-12-6-4-8-14-9-12/h2-3,5,7,12,14H,4,6,8-10H2,1H3/t12-/m1/s1. The van der Waals surface area contributed by atoms with E-state index in [0.29, 0.717) is 12.7 Å². The lowest BCUT2D eigenvalue weighted by molar-refractivity contribution is 0.0244. The number of methoxy groups -OCH3 is 1. The zero-order valence-corrected chi connectivity index (χ0v) is 9.74. The van der Waals surface area contributed by atoms with Crippen LogP contribution in [0.2, 0.25) is 0 Å². The quantitative estimate of drug-likeness (QED) is 0.843. The first-order valence-corrected chi connectivity index (χ1v) is 5.84. The number of hydrogen-bond acceptors (Lipinski definition) is 3. The van der Waals surface area contributed by atoms with Crippen molar-refractivity contribution in [3.05, 3.63) is 29.8 Å². The number of hydrogen-bond donors (Lipinski definition) is 1. The van der Waals surface area contributed by atoms with Crippen molar-refractivity contribution in [1.29, 1.82) is 0 Å². The molecule has 3 nitrogen and oxygen atoms in total. The lowest BCUT2D eigenvalue weighted by Gasteiger charge is -2.23. The van der Waals surface area contributed by atoms with Crippen LogP contribution in [-0.2, 0) is 11.3 Å². The average molecular weight is 221 g/mol. The highest BCUT2D eigenvalue weighted by molar-refractivity contribution is 5.32. The highest BCUT2D eigenvalue weighted by atomic mass is 16.5. The van der Waals surface area contributed by atoms with E-state index in [9.17, 15) is 0 Å². The molecule has 0 aliphatic carbocycles. The average Bonchev–Trinajstić information content (AvgIpc) is 2.38. The zero-order chi connectivity index (χ0) is 11.2. The molecule has 0 unspecified atom stereocenters. The maximum absolute atomic E-state index is 5.87. The van der Waals surface area contributed by atoms with Gasteiger partial charge < -0.3 is 14.8 Å². The Morgan fingerprint density at radius 3 is 3.00 bits per heavy atom. The molecular formula is C13H19NO2. The second-order valence-electron chi connectivity index (χ2n) is 4.09. The second kappa shape index (κ2) is 5.87. The lowest BCUT2D eigenvalue weighted by Crippen LogP contribution is -2.35. The molecule has 3 heteroatoms. The van der Waals surface area contributed by atoms with E-state index >= 15 is 0 Å². The predicted octanol–water partition coefficient (Wildman–Crippen LogP) is 1.96. The van der Waals surface area contributed by atoms with E-state index in [4.69, 9.17) is 9.47 Å². The van der Waals surface area contributed by atoms with Crippen LogP contribution in [0.15, 0.2) is 24.3 Å². The largest absolute Gasteiger partial charge is 0.496 e. The lowest BCUT2D eigenvalue weighted by atomic mass is 10.1. The molecule has 0 amide bonds. The molecule has 1 N–H and O–H groups in total. The minimum Gasteiger partial charge on any atom is -0.496 e. The molecule has 1 heterocycles. The number of piperidine rings is 1. The van der Waals surface area contributed by atoms with Crippen LogP contribution in [0.1, 0.15) is 18.4 Å². The highest BCUT2D eigenvalue weighted by Gasteiger charge is 2.13. The Morgan fingerprint density at radius 2 is 2.25 bits per heavy atom. The first-order valence-electron chi connectivity index (χ1n) is 5.84. The van der Waals surface area contributed by atoms with Crippen LogP contribution in [0.4, 0.5) is 0 Å². The van der Waals surface area contributed by atoms with E-state index in [1.807, 2.05) is 18.2 Å². The second-order valence-corrected chi connectivity index (χ2v) is 4.09. The molecule has 16 heavy (non-hydrogen) atoms. The van der Waals surface area contributed by atoms with E-state index in [-0.39, 0.29) is 0 Å². The Hall–Kier alpha value is -1.06. The van der Waals surface area contributed by atoms with Crippen LogP contribution in [0.25, 0.3) is 0 Å². The Morgan fingerprint density at radius 1 is 1.38 bits per heavy atom. The van der Waals surface area contributed by atoms with Crippen molar-refractivity contribution >= 4 is 0 Å². The normalized spacial score (nSPS) is 20.7. The Kier molecular flexibility index (Phi) is 4.19. The summed E-state index contributed by atoms with van der Waals surface area (Å²) >= 11 is 0. The van der Waals surface area contributed by atoms with Gasteiger partial charge in [0.15, 0.2) is 0 Å². The van der Waals surface area contributed by atoms with Crippen molar-refractivity contribution in [2.75, 3.05) is 20.2 Å². The van der Waals surface area contributed by atoms with Crippen LogP contribution in [0.3, 0.4) is 0 Å². The molecule has 0 bridgehead atoms. The van der Waals surface area contributed by atoms with E-state index in [0.717, 1.165) is 30.8 Å². The van der Waals surface area contributed by atoms with Crippen LogP contribution < -0.4 is 10.1 Å². The smallest absolute Gasteiger partial charge is 0.124 e. The maximum Gasteiger partial charge on any atom is 0.124 e. The zero-order valence-electron chi connectivity index (χ0n) is 9.74. The minimum absolute atomic E-state index is 0.346. The molecule has 2 rings (SSSR count). The third-order valence-corrected chi connectivity index (χ3v) is 2.92. The first-order chi connectivity index (χ1) is 7.90. The van der Waals surface area contributed by atoms with Gasteiger partial charge in [-0.1, -0.05) is 18.2 Å². The van der Waals surface area contributed by atoms with Crippen molar-refractivity contribution in [3.63, 3.8) is 0 Å². The Labute approximate surface area is 96.8 Å². The molecule has 0 saturated carbocycles. The summed E-state index contributed by atoms with van der Waals surface area (Å²) in [6.07, 6.45) is 2.71. The van der Waals surface area contributed by atoms with E-state index in [1.165, 1.54) is 6.42 Å². The summed E-state index contributed by atoms with van der Waals surface area (Å²) in [6, 6.07) is 8.01. The summed E-state index contributed by atoms with van der Waals surface area (Å²) in [5, 5.41) is 3.34. The molecule has 1 aromatic rings. The molecule has 1 aliphatic heterocycles. The fourth-order valence-electron chi connectivity index (χ4n) is 1.99. The van der Waals surface area contributed by atoms with Gasteiger partial charge in [0.2, 0.25) is 0 Å². The van der Waals surface area contributed by atoms with E-state index in [2.05, 4.69) is 11.4 Å². The van der Waals surface area contributed by atoms with Gasteiger partial charge in [0.05, 0.1) is 19.8 Å². The summed E-state index contributed by atoms with van der Waals surface area (Å²) in [4.78, 5) is 0. The number of ether oxygens (including phenoxy) is 2. The van der Waals surface area contributed by atoms with Crippen molar-refractivity contribution < 1.29 is 9.47 Å². The van der Waals surface area contributed by atoms with Crippen molar-refractivity contribution in [1.82, 2.24) is 5.32 Å². The Bertz CT molecular complexity index is 321. The summed E-state index contributed by atoms with van der Waals surface area (Å²) in [5.41, 5.74) is 1.12. The molecule has 1 aliphatic rings. The van der Waals surface area contributed by atoms with Gasteiger partial charge in [0, 0.05) is 12.1 Å². The monoisotopic (exact) mass is 221 g/mol. The third-order valence-electron chi connectivity index (χ3n) is 2.92. The maximum atomic E-state index is 5.87. The van der Waals surface area contributed by atoms with Crippen LogP contribution in [0.5, 0.6) is 5.75 Å². The number of rotatable bonds is 4. The minimum atomic E-state index is 0.346. The molecule has 1 saturated heterocycles. The van der Waals surface area contributed by atoms with Crippen molar-refractivity contribution in [3.8, 4) is 5.75 Å². The third kappa shape index (κ3) is 2.97. The summed E-state index contributed by atoms with van der Waals surface area (Å²) in [7, 11) is 1.70. The molecule has 0 aromatic heterocycles. The number of nitrogens with one attached hydrogen (secondary N) is 1. The predicted molar refractivity (Wildman–Crippen MR) is 63.7 cm³/mol. The first kappa shape index (κ1) is 11.4. The Balaban J connectivity index is 1.88. The molecular weight excluding hydrogens is 202 g/mol. The van der Waals surface area contributed by atoms with Gasteiger partial charge in [-0.25, -0.2) is 0 Å². The SMILES string of the molecule is COc1ccccc1CO[C@@H]1CCCNC1. The fraction of sp³-hybridized carbons (Fsp3) is 0.538. The molecule has 88 valence electrons. The van der Waals surface area contributed by atoms with Gasteiger partial charge in [-0.3, -0.25) is 0 Å². The van der Waals surface area contributed by atoms with E-state index in [1.54, 1.807) is 7.11 Å². The summed E-state index contributed by atoms with van der Waals surface area (Å²) < 4.78 is 11.2. The van der Waals surface area contributed by atoms with Crippen LogP contribution in [-0.4, -0.2) is 26.3 Å².